The Bertz CT molecular complexity index is 725. The minimum atomic E-state index is -0.367. The first-order valence-electron chi connectivity index (χ1n) is 9.05. The van der Waals surface area contributed by atoms with Gasteiger partial charge in [-0.1, -0.05) is 23.7 Å². The van der Waals surface area contributed by atoms with Crippen molar-refractivity contribution < 1.29 is 18.6 Å². The van der Waals surface area contributed by atoms with Crippen molar-refractivity contribution in [3.05, 3.63) is 58.4 Å². The van der Waals surface area contributed by atoms with Gasteiger partial charge in [-0.2, -0.15) is 0 Å². The van der Waals surface area contributed by atoms with E-state index in [9.17, 15) is 4.39 Å². The third-order valence-electron chi connectivity index (χ3n) is 3.90. The van der Waals surface area contributed by atoms with Crippen LogP contribution in [-0.4, -0.2) is 26.4 Å². The summed E-state index contributed by atoms with van der Waals surface area (Å²) in [6.07, 6.45) is 1.24. The lowest BCUT2D eigenvalue weighted by Crippen LogP contribution is -2.17. The second-order valence-electron chi connectivity index (χ2n) is 6.46. The molecule has 0 saturated heterocycles. The first-order chi connectivity index (χ1) is 13.0. The molecule has 0 spiro atoms. The number of halogens is 2. The third kappa shape index (κ3) is 7.37. The highest BCUT2D eigenvalue weighted by molar-refractivity contribution is 6.31. The van der Waals surface area contributed by atoms with Crippen molar-refractivity contribution in [3.8, 4) is 11.5 Å². The van der Waals surface area contributed by atoms with Crippen LogP contribution in [0.2, 0.25) is 5.02 Å². The minimum absolute atomic E-state index is 0.239. The zero-order chi connectivity index (χ0) is 19.6. The molecule has 0 bridgehead atoms. The average molecular weight is 396 g/mol. The normalized spacial score (nSPS) is 11.0. The van der Waals surface area contributed by atoms with Crippen LogP contribution in [0.4, 0.5) is 4.39 Å². The summed E-state index contributed by atoms with van der Waals surface area (Å²) in [6, 6.07) is 10.1. The maximum Gasteiger partial charge on any atom is 0.161 e. The molecule has 2 aromatic carbocycles. The maximum atomic E-state index is 13.1. The second kappa shape index (κ2) is 11.1. The lowest BCUT2D eigenvalue weighted by molar-refractivity contribution is 0.0770. The summed E-state index contributed by atoms with van der Waals surface area (Å²) >= 11 is 6.04. The predicted octanol–water partition coefficient (Wildman–Crippen LogP) is 4.97. The summed E-state index contributed by atoms with van der Waals surface area (Å²) in [7, 11) is 1.60. The van der Waals surface area contributed by atoms with E-state index in [1.54, 1.807) is 13.2 Å². The summed E-state index contributed by atoms with van der Waals surface area (Å²) < 4.78 is 29.9. The van der Waals surface area contributed by atoms with Gasteiger partial charge in [-0.25, -0.2) is 4.39 Å². The molecule has 0 heterocycles. The van der Waals surface area contributed by atoms with Gasteiger partial charge in [0.05, 0.1) is 18.2 Å². The Balaban J connectivity index is 1.86. The van der Waals surface area contributed by atoms with E-state index in [1.165, 1.54) is 12.1 Å². The number of rotatable bonds is 11. The Morgan fingerprint density at radius 3 is 2.63 bits per heavy atom. The highest BCUT2D eigenvalue weighted by atomic mass is 35.5. The van der Waals surface area contributed by atoms with Gasteiger partial charge in [0.15, 0.2) is 11.5 Å². The third-order valence-corrected chi connectivity index (χ3v) is 4.26. The lowest BCUT2D eigenvalue weighted by atomic mass is 10.2. The second-order valence-corrected chi connectivity index (χ2v) is 6.87. The smallest absolute Gasteiger partial charge is 0.161 e. The molecule has 0 aliphatic heterocycles. The number of nitrogens with one attached hydrogen (secondary N) is 1. The summed E-state index contributed by atoms with van der Waals surface area (Å²) in [4.78, 5) is 0. The zero-order valence-electron chi connectivity index (χ0n) is 16.1. The molecule has 2 rings (SSSR count). The number of hydrogen-bond acceptors (Lipinski definition) is 4. The van der Waals surface area contributed by atoms with E-state index in [-0.39, 0.29) is 18.5 Å². The first-order valence-corrected chi connectivity index (χ1v) is 9.43. The van der Waals surface area contributed by atoms with Crippen LogP contribution in [0.1, 0.15) is 31.4 Å². The molecular formula is C21H27ClFNO3. The van der Waals surface area contributed by atoms with Crippen LogP contribution in [0.25, 0.3) is 0 Å². The Kier molecular flexibility index (Phi) is 8.85. The number of benzene rings is 2. The van der Waals surface area contributed by atoms with E-state index in [2.05, 4.69) is 5.32 Å². The molecule has 0 unspecified atom stereocenters. The van der Waals surface area contributed by atoms with Gasteiger partial charge >= 0.3 is 0 Å². The van der Waals surface area contributed by atoms with E-state index in [4.69, 9.17) is 25.8 Å². The van der Waals surface area contributed by atoms with Gasteiger partial charge in [-0.05, 0) is 56.6 Å². The molecule has 0 fully saturated rings. The molecule has 0 atom stereocenters. The van der Waals surface area contributed by atoms with Gasteiger partial charge < -0.3 is 19.5 Å². The Morgan fingerprint density at radius 2 is 1.93 bits per heavy atom. The average Bonchev–Trinajstić information content (AvgIpc) is 2.64. The SMILES string of the molecule is COc1cc(CNCCCOC(C)C)ccc1OCc1ccc(F)cc1Cl. The van der Waals surface area contributed by atoms with Gasteiger partial charge in [0.1, 0.15) is 12.4 Å². The summed E-state index contributed by atoms with van der Waals surface area (Å²) in [5, 5.41) is 3.73. The van der Waals surface area contributed by atoms with E-state index in [0.717, 1.165) is 37.2 Å². The molecule has 0 aliphatic carbocycles. The van der Waals surface area contributed by atoms with Crippen molar-refractivity contribution in [2.75, 3.05) is 20.3 Å². The number of methoxy groups -OCH3 is 1. The van der Waals surface area contributed by atoms with Crippen LogP contribution in [0.3, 0.4) is 0 Å². The van der Waals surface area contributed by atoms with E-state index >= 15 is 0 Å². The predicted molar refractivity (Wildman–Crippen MR) is 106 cm³/mol. The molecular weight excluding hydrogens is 369 g/mol. The Labute approximate surface area is 165 Å². The standard InChI is InChI=1S/C21H27ClFNO3/c1-15(2)26-10-4-9-24-13-16-5-8-20(21(11-16)25-3)27-14-17-6-7-18(23)12-19(17)22/h5-8,11-12,15,24H,4,9-10,13-14H2,1-3H3. The summed E-state index contributed by atoms with van der Waals surface area (Å²) in [5.41, 5.74) is 1.82. The van der Waals surface area contributed by atoms with E-state index < -0.39 is 0 Å². The van der Waals surface area contributed by atoms with Gasteiger partial charge in [-0.15, -0.1) is 0 Å². The van der Waals surface area contributed by atoms with Crippen LogP contribution in [0, 0.1) is 5.82 Å². The van der Waals surface area contributed by atoms with Crippen molar-refractivity contribution in [2.24, 2.45) is 0 Å². The van der Waals surface area contributed by atoms with Crippen LogP contribution < -0.4 is 14.8 Å². The molecule has 148 valence electrons. The quantitative estimate of drug-likeness (QED) is 0.545. The number of ether oxygens (including phenoxy) is 3. The van der Waals surface area contributed by atoms with Gasteiger partial charge in [0.25, 0.3) is 0 Å². The van der Waals surface area contributed by atoms with Crippen molar-refractivity contribution >= 4 is 11.6 Å². The molecule has 0 aliphatic rings. The molecule has 0 aromatic heterocycles. The number of hydrogen-bond donors (Lipinski definition) is 1. The van der Waals surface area contributed by atoms with E-state index in [0.29, 0.717) is 16.5 Å². The summed E-state index contributed by atoms with van der Waals surface area (Å²) in [5.74, 6) is 0.900. The van der Waals surface area contributed by atoms with Gasteiger partial charge in [-0.3, -0.25) is 0 Å². The van der Waals surface area contributed by atoms with Crippen molar-refractivity contribution in [2.45, 2.75) is 39.5 Å². The molecule has 4 nitrogen and oxygen atoms in total. The lowest BCUT2D eigenvalue weighted by Gasteiger charge is -2.13. The fraction of sp³-hybridized carbons (Fsp3) is 0.429. The zero-order valence-corrected chi connectivity index (χ0v) is 16.8. The van der Waals surface area contributed by atoms with Gasteiger partial charge in [0.2, 0.25) is 0 Å². The minimum Gasteiger partial charge on any atom is -0.493 e. The molecule has 0 amide bonds. The molecule has 0 saturated carbocycles. The highest BCUT2D eigenvalue weighted by Gasteiger charge is 2.08. The van der Waals surface area contributed by atoms with Crippen LogP contribution in [-0.2, 0) is 17.9 Å². The monoisotopic (exact) mass is 395 g/mol. The Morgan fingerprint density at radius 1 is 1.11 bits per heavy atom. The van der Waals surface area contributed by atoms with Gasteiger partial charge in [0, 0.05) is 18.7 Å². The first kappa shape index (κ1) is 21.5. The largest absolute Gasteiger partial charge is 0.493 e. The van der Waals surface area contributed by atoms with E-state index in [1.807, 2.05) is 32.0 Å². The fourth-order valence-electron chi connectivity index (χ4n) is 2.48. The molecule has 27 heavy (non-hydrogen) atoms. The fourth-order valence-corrected chi connectivity index (χ4v) is 2.71. The molecule has 1 N–H and O–H groups in total. The van der Waals surface area contributed by atoms with Crippen LogP contribution in [0.5, 0.6) is 11.5 Å². The molecule has 0 radical (unpaired) electrons. The van der Waals surface area contributed by atoms with Crippen molar-refractivity contribution in [1.29, 1.82) is 0 Å². The summed E-state index contributed by atoms with van der Waals surface area (Å²) in [6.45, 7) is 6.69. The van der Waals surface area contributed by atoms with Crippen molar-refractivity contribution in [1.82, 2.24) is 5.32 Å². The molecule has 2 aromatic rings. The van der Waals surface area contributed by atoms with Crippen molar-refractivity contribution in [3.63, 3.8) is 0 Å². The topological polar surface area (TPSA) is 39.7 Å². The highest BCUT2D eigenvalue weighted by Crippen LogP contribution is 2.29. The molecule has 6 heteroatoms. The maximum absolute atomic E-state index is 13.1. The Hall–Kier alpha value is -1.82. The van der Waals surface area contributed by atoms with Crippen LogP contribution in [0.15, 0.2) is 36.4 Å². The van der Waals surface area contributed by atoms with Crippen LogP contribution >= 0.6 is 11.6 Å².